The quantitative estimate of drug-likeness (QED) is 0.816. The van der Waals surface area contributed by atoms with Crippen LogP contribution in [-0.4, -0.2) is 19.6 Å². The highest BCUT2D eigenvalue weighted by molar-refractivity contribution is 5.48. The van der Waals surface area contributed by atoms with Crippen LogP contribution in [0.5, 0.6) is 0 Å². The molecule has 2 N–H and O–H groups in total. The molecule has 2 rings (SSSR count). The van der Waals surface area contributed by atoms with Crippen LogP contribution in [-0.2, 0) is 6.42 Å². The fourth-order valence-electron chi connectivity index (χ4n) is 2.20. The van der Waals surface area contributed by atoms with Gasteiger partial charge in [-0.3, -0.25) is 0 Å². The monoisotopic (exact) mass is 204 g/mol. The van der Waals surface area contributed by atoms with E-state index in [9.17, 15) is 0 Å². The van der Waals surface area contributed by atoms with Gasteiger partial charge in [-0.25, -0.2) is 0 Å². The van der Waals surface area contributed by atoms with Gasteiger partial charge in [-0.2, -0.15) is 0 Å². The molecule has 1 aromatic carbocycles. The van der Waals surface area contributed by atoms with Crippen LogP contribution in [0, 0.1) is 5.92 Å². The molecule has 1 atom stereocenters. The molecule has 1 aliphatic heterocycles. The van der Waals surface area contributed by atoms with Gasteiger partial charge in [-0.05, 0) is 43.0 Å². The molecule has 1 aliphatic rings. The van der Waals surface area contributed by atoms with Gasteiger partial charge in [0.1, 0.15) is 0 Å². The fraction of sp³-hybridized carbons (Fsp3) is 0.538. The molecule has 0 aliphatic carbocycles. The molecule has 0 radical (unpaired) electrons. The van der Waals surface area contributed by atoms with Crippen LogP contribution < -0.4 is 10.6 Å². The summed E-state index contributed by atoms with van der Waals surface area (Å²) >= 11 is 0. The van der Waals surface area contributed by atoms with Crippen LogP contribution in [0.1, 0.15) is 18.9 Å². The van der Waals surface area contributed by atoms with Crippen LogP contribution in [0.15, 0.2) is 24.3 Å². The summed E-state index contributed by atoms with van der Waals surface area (Å²) in [6.45, 7) is 5.30. The van der Waals surface area contributed by atoms with Crippen LogP contribution in [0.25, 0.3) is 0 Å². The maximum Gasteiger partial charge on any atom is 0.0366 e. The average molecular weight is 204 g/mol. The predicted molar refractivity (Wildman–Crippen MR) is 65.2 cm³/mol. The minimum absolute atomic E-state index is 0.691. The Balaban J connectivity index is 2.04. The standard InChI is InChI=1S/C13H20N2/c1-2-11-3-5-13(6-4-11)15-8-7-12(9-14)10-15/h3-6,12H,2,7-10,14H2,1H3. The lowest BCUT2D eigenvalue weighted by Crippen LogP contribution is -2.22. The summed E-state index contributed by atoms with van der Waals surface area (Å²) in [5.41, 5.74) is 8.45. The lowest BCUT2D eigenvalue weighted by molar-refractivity contribution is 0.602. The zero-order valence-electron chi connectivity index (χ0n) is 9.45. The number of hydrogen-bond acceptors (Lipinski definition) is 2. The number of benzene rings is 1. The van der Waals surface area contributed by atoms with Crippen LogP contribution in [0.3, 0.4) is 0 Å². The first-order chi connectivity index (χ1) is 7.33. The molecule has 2 nitrogen and oxygen atoms in total. The summed E-state index contributed by atoms with van der Waals surface area (Å²) in [5, 5.41) is 0. The minimum atomic E-state index is 0.691. The Labute approximate surface area is 92.1 Å². The Bertz CT molecular complexity index is 305. The van der Waals surface area contributed by atoms with Crippen molar-refractivity contribution < 1.29 is 0 Å². The van der Waals surface area contributed by atoms with Gasteiger partial charge in [0.15, 0.2) is 0 Å². The van der Waals surface area contributed by atoms with Crippen LogP contribution >= 0.6 is 0 Å². The fourth-order valence-corrected chi connectivity index (χ4v) is 2.20. The Kier molecular flexibility index (Phi) is 3.27. The van der Waals surface area contributed by atoms with Gasteiger partial charge in [-0.1, -0.05) is 19.1 Å². The van der Waals surface area contributed by atoms with E-state index in [1.165, 1.54) is 17.7 Å². The number of rotatable bonds is 3. The van der Waals surface area contributed by atoms with E-state index in [1.54, 1.807) is 0 Å². The normalized spacial score (nSPS) is 20.9. The third kappa shape index (κ3) is 2.32. The van der Waals surface area contributed by atoms with Crippen molar-refractivity contribution >= 4 is 5.69 Å². The van der Waals surface area contributed by atoms with Crippen molar-refractivity contribution in [3.05, 3.63) is 29.8 Å². The summed E-state index contributed by atoms with van der Waals surface area (Å²) in [6.07, 6.45) is 2.36. The van der Waals surface area contributed by atoms with Crippen molar-refractivity contribution in [3.63, 3.8) is 0 Å². The number of aryl methyl sites for hydroxylation is 1. The predicted octanol–water partition coefficient (Wildman–Crippen LogP) is 2.03. The molecule has 0 bridgehead atoms. The zero-order valence-corrected chi connectivity index (χ0v) is 9.45. The summed E-state index contributed by atoms with van der Waals surface area (Å²) in [4.78, 5) is 2.44. The molecule has 82 valence electrons. The Morgan fingerprint density at radius 3 is 2.60 bits per heavy atom. The number of anilines is 1. The Morgan fingerprint density at radius 2 is 2.07 bits per heavy atom. The molecule has 2 heteroatoms. The van der Waals surface area contributed by atoms with Gasteiger partial charge < -0.3 is 10.6 Å². The second-order valence-electron chi connectivity index (χ2n) is 4.36. The molecule has 1 aromatic rings. The van der Waals surface area contributed by atoms with Gasteiger partial charge in [0.05, 0.1) is 0 Å². The Hall–Kier alpha value is -1.02. The molecule has 0 saturated carbocycles. The van der Waals surface area contributed by atoms with E-state index >= 15 is 0 Å². The first kappa shape index (κ1) is 10.5. The second-order valence-corrected chi connectivity index (χ2v) is 4.36. The van der Waals surface area contributed by atoms with Crippen LogP contribution in [0.4, 0.5) is 5.69 Å². The molecular weight excluding hydrogens is 184 g/mol. The SMILES string of the molecule is CCc1ccc(N2CCC(CN)C2)cc1. The molecule has 1 unspecified atom stereocenters. The molecule has 0 aromatic heterocycles. The largest absolute Gasteiger partial charge is 0.371 e. The van der Waals surface area contributed by atoms with Crippen molar-refractivity contribution in [2.45, 2.75) is 19.8 Å². The van der Waals surface area contributed by atoms with E-state index in [-0.39, 0.29) is 0 Å². The highest BCUT2D eigenvalue weighted by Crippen LogP contribution is 2.23. The van der Waals surface area contributed by atoms with Crippen LogP contribution in [0.2, 0.25) is 0 Å². The molecule has 1 heterocycles. The van der Waals surface area contributed by atoms with Crippen molar-refractivity contribution in [1.82, 2.24) is 0 Å². The third-order valence-corrected chi connectivity index (χ3v) is 3.33. The number of nitrogens with two attached hydrogens (primary N) is 1. The summed E-state index contributed by atoms with van der Waals surface area (Å²) in [6, 6.07) is 8.92. The van der Waals surface area contributed by atoms with Crippen molar-refractivity contribution in [2.75, 3.05) is 24.5 Å². The highest BCUT2D eigenvalue weighted by Gasteiger charge is 2.20. The van der Waals surface area contributed by atoms with Gasteiger partial charge in [-0.15, -0.1) is 0 Å². The Morgan fingerprint density at radius 1 is 1.33 bits per heavy atom. The van der Waals surface area contributed by atoms with Crippen molar-refractivity contribution in [1.29, 1.82) is 0 Å². The average Bonchev–Trinajstić information content (AvgIpc) is 2.78. The first-order valence-corrected chi connectivity index (χ1v) is 5.87. The van der Waals surface area contributed by atoms with E-state index in [0.29, 0.717) is 5.92 Å². The topological polar surface area (TPSA) is 29.3 Å². The maximum absolute atomic E-state index is 5.69. The molecule has 1 fully saturated rings. The van der Waals surface area contributed by atoms with Gasteiger partial charge in [0.2, 0.25) is 0 Å². The van der Waals surface area contributed by atoms with Crippen molar-refractivity contribution in [2.24, 2.45) is 11.7 Å². The molecule has 15 heavy (non-hydrogen) atoms. The molecule has 0 spiro atoms. The van der Waals surface area contributed by atoms with E-state index in [4.69, 9.17) is 5.73 Å². The van der Waals surface area contributed by atoms with E-state index in [0.717, 1.165) is 26.1 Å². The van der Waals surface area contributed by atoms with Crippen molar-refractivity contribution in [3.8, 4) is 0 Å². The maximum atomic E-state index is 5.69. The van der Waals surface area contributed by atoms with E-state index in [1.807, 2.05) is 0 Å². The number of nitrogens with zero attached hydrogens (tertiary/aromatic N) is 1. The highest BCUT2D eigenvalue weighted by atomic mass is 15.2. The summed E-state index contributed by atoms with van der Waals surface area (Å²) in [5.74, 6) is 0.691. The second kappa shape index (κ2) is 4.67. The smallest absolute Gasteiger partial charge is 0.0366 e. The van der Waals surface area contributed by atoms with Gasteiger partial charge in [0, 0.05) is 18.8 Å². The number of hydrogen-bond donors (Lipinski definition) is 1. The van der Waals surface area contributed by atoms with E-state index < -0.39 is 0 Å². The lowest BCUT2D eigenvalue weighted by Gasteiger charge is -2.18. The third-order valence-electron chi connectivity index (χ3n) is 3.33. The molecular formula is C13H20N2. The first-order valence-electron chi connectivity index (χ1n) is 5.87. The summed E-state index contributed by atoms with van der Waals surface area (Å²) in [7, 11) is 0. The van der Waals surface area contributed by atoms with Gasteiger partial charge in [0.25, 0.3) is 0 Å². The molecule has 1 saturated heterocycles. The van der Waals surface area contributed by atoms with E-state index in [2.05, 4.69) is 36.1 Å². The summed E-state index contributed by atoms with van der Waals surface area (Å²) < 4.78 is 0. The lowest BCUT2D eigenvalue weighted by atomic mass is 10.1. The van der Waals surface area contributed by atoms with Gasteiger partial charge >= 0.3 is 0 Å². The molecule has 0 amide bonds. The minimum Gasteiger partial charge on any atom is -0.371 e. The zero-order chi connectivity index (χ0) is 10.7.